The molecule has 0 amide bonds. The molecule has 7 aromatic carbocycles. The highest BCUT2D eigenvalue weighted by molar-refractivity contribution is 6.20. The molecule has 1 heteroatoms. The van der Waals surface area contributed by atoms with E-state index in [2.05, 4.69) is 172 Å². The third-order valence-corrected chi connectivity index (χ3v) is 11.8. The molecule has 8 aromatic rings. The minimum atomic E-state index is -0.117. The predicted molar refractivity (Wildman–Crippen MR) is 212 cm³/mol. The second kappa shape index (κ2) is 10.1. The van der Waals surface area contributed by atoms with Crippen LogP contribution in [0.1, 0.15) is 30.5 Å². The Bertz CT molecular complexity index is 2850. The van der Waals surface area contributed by atoms with Crippen LogP contribution in [0.5, 0.6) is 0 Å². The van der Waals surface area contributed by atoms with E-state index in [0.717, 1.165) is 11.2 Å². The molecule has 1 aromatic heterocycles. The van der Waals surface area contributed by atoms with Crippen LogP contribution in [0.2, 0.25) is 0 Å². The molecule has 0 aliphatic heterocycles. The summed E-state index contributed by atoms with van der Waals surface area (Å²) in [4.78, 5) is 0. The quantitative estimate of drug-likeness (QED) is 0.172. The van der Waals surface area contributed by atoms with Gasteiger partial charge in [0, 0.05) is 33.4 Å². The van der Waals surface area contributed by atoms with Crippen molar-refractivity contribution in [2.75, 3.05) is 0 Å². The van der Waals surface area contributed by atoms with Crippen LogP contribution in [0, 0.1) is 11.8 Å². The number of furan rings is 1. The Balaban J connectivity index is 1.17. The molecule has 3 aliphatic carbocycles. The molecule has 0 radical (unpaired) electrons. The van der Waals surface area contributed by atoms with Gasteiger partial charge >= 0.3 is 0 Å². The molecule has 3 aliphatic rings. The summed E-state index contributed by atoms with van der Waals surface area (Å²) >= 11 is 0. The van der Waals surface area contributed by atoms with Gasteiger partial charge in [0.05, 0.1) is 0 Å². The van der Waals surface area contributed by atoms with E-state index in [1.165, 1.54) is 87.6 Å². The Hall–Kier alpha value is -5.92. The Morgan fingerprint density at radius 2 is 1.18 bits per heavy atom. The lowest BCUT2D eigenvalue weighted by Crippen LogP contribution is -2.15. The maximum atomic E-state index is 6.53. The smallest absolute Gasteiger partial charge is 0.143 e. The van der Waals surface area contributed by atoms with Gasteiger partial charge in [-0.15, -0.1) is 0 Å². The van der Waals surface area contributed by atoms with Gasteiger partial charge in [0.25, 0.3) is 0 Å². The third kappa shape index (κ3) is 3.72. The summed E-state index contributed by atoms with van der Waals surface area (Å²) in [7, 11) is 0. The van der Waals surface area contributed by atoms with Gasteiger partial charge in [0.1, 0.15) is 11.2 Å². The third-order valence-electron chi connectivity index (χ3n) is 11.8. The number of para-hydroxylation sites is 1. The van der Waals surface area contributed by atoms with Crippen LogP contribution in [0.3, 0.4) is 0 Å². The highest BCUT2D eigenvalue weighted by Gasteiger charge is 2.36. The van der Waals surface area contributed by atoms with Crippen LogP contribution >= 0.6 is 0 Å². The second-order valence-electron chi connectivity index (χ2n) is 14.8. The summed E-state index contributed by atoms with van der Waals surface area (Å²) in [5.74, 6) is 0.712. The summed E-state index contributed by atoms with van der Waals surface area (Å²) < 4.78 is 6.53. The summed E-state index contributed by atoms with van der Waals surface area (Å²) in [5, 5.41) is 9.95. The van der Waals surface area contributed by atoms with Crippen molar-refractivity contribution in [1.29, 1.82) is 0 Å². The Labute approximate surface area is 291 Å². The SMILES string of the molecule is CC1(C)c2ccc(-c3c4ccccc4c(C4=CC=CC5C=CC=CC45)c4ccccc34)cc2-c2cc3c(ccc4c5ccccc5oc34)cc21. The molecule has 236 valence electrons. The fourth-order valence-corrected chi connectivity index (χ4v) is 9.43. The normalized spacial score (nSPS) is 18.6. The lowest BCUT2D eigenvalue weighted by Gasteiger charge is -2.29. The maximum Gasteiger partial charge on any atom is 0.143 e. The number of allylic oxidation sites excluding steroid dienone is 8. The number of hydrogen-bond donors (Lipinski definition) is 0. The van der Waals surface area contributed by atoms with Crippen molar-refractivity contribution in [3.63, 3.8) is 0 Å². The van der Waals surface area contributed by atoms with E-state index in [-0.39, 0.29) is 5.41 Å². The van der Waals surface area contributed by atoms with Gasteiger partial charge in [-0.1, -0.05) is 141 Å². The standard InChI is InChI=1S/C49H34O/c1-49(2)43-25-23-31(26-41(43)42-28-40-30(27-44(42)49)22-24-39-33-15-9-10-21-45(33)50-48(39)40)46-35-16-5-7-18-37(35)47(38-19-8-6-17-36(38)46)34-20-11-13-29-12-3-4-14-32(29)34/h3-29,32H,1-2H3. The predicted octanol–water partition coefficient (Wildman–Crippen LogP) is 13.3. The van der Waals surface area contributed by atoms with E-state index in [4.69, 9.17) is 4.42 Å². The van der Waals surface area contributed by atoms with Gasteiger partial charge in [-0.3, -0.25) is 0 Å². The van der Waals surface area contributed by atoms with Crippen LogP contribution in [0.15, 0.2) is 162 Å². The largest absolute Gasteiger partial charge is 0.455 e. The topological polar surface area (TPSA) is 13.1 Å². The highest BCUT2D eigenvalue weighted by Crippen LogP contribution is 2.53. The van der Waals surface area contributed by atoms with Gasteiger partial charge in [0.15, 0.2) is 0 Å². The average molecular weight is 639 g/mol. The fourth-order valence-electron chi connectivity index (χ4n) is 9.43. The second-order valence-corrected chi connectivity index (χ2v) is 14.8. The Morgan fingerprint density at radius 1 is 0.520 bits per heavy atom. The van der Waals surface area contributed by atoms with Gasteiger partial charge in [0.2, 0.25) is 0 Å². The molecule has 0 saturated carbocycles. The first kappa shape index (κ1) is 28.0. The Morgan fingerprint density at radius 3 is 1.96 bits per heavy atom. The summed E-state index contributed by atoms with van der Waals surface area (Å²) in [5.41, 5.74) is 12.5. The van der Waals surface area contributed by atoms with Gasteiger partial charge in [-0.25, -0.2) is 0 Å². The first-order valence-corrected chi connectivity index (χ1v) is 17.8. The molecular weight excluding hydrogens is 605 g/mol. The van der Waals surface area contributed by atoms with E-state index in [1.54, 1.807) is 0 Å². The lowest BCUT2D eigenvalue weighted by molar-refractivity contribution is 0.661. The molecule has 2 unspecified atom stereocenters. The van der Waals surface area contributed by atoms with E-state index in [1.807, 2.05) is 0 Å². The molecule has 50 heavy (non-hydrogen) atoms. The number of fused-ring (bicyclic) bond motifs is 11. The first-order valence-electron chi connectivity index (χ1n) is 17.8. The molecule has 0 fully saturated rings. The summed E-state index contributed by atoms with van der Waals surface area (Å²) in [6.07, 6.45) is 16.0. The Kier molecular flexibility index (Phi) is 5.63. The van der Waals surface area contributed by atoms with Crippen molar-refractivity contribution in [3.05, 3.63) is 174 Å². The van der Waals surface area contributed by atoms with Gasteiger partial charge in [-0.2, -0.15) is 0 Å². The van der Waals surface area contributed by atoms with Crippen molar-refractivity contribution in [2.45, 2.75) is 19.3 Å². The van der Waals surface area contributed by atoms with Gasteiger partial charge in [-0.05, 0) is 102 Å². The number of rotatable bonds is 2. The summed E-state index contributed by atoms with van der Waals surface area (Å²) in [6, 6.07) is 43.0. The highest BCUT2D eigenvalue weighted by atomic mass is 16.3. The van der Waals surface area contributed by atoms with Crippen molar-refractivity contribution in [1.82, 2.24) is 0 Å². The molecule has 1 nitrogen and oxygen atoms in total. The molecule has 1 heterocycles. The molecule has 0 saturated heterocycles. The molecular formula is C49H34O. The van der Waals surface area contributed by atoms with Crippen molar-refractivity contribution in [2.24, 2.45) is 11.8 Å². The zero-order valence-electron chi connectivity index (χ0n) is 28.1. The fraction of sp³-hybridized carbons (Fsp3) is 0.102. The molecule has 0 spiro atoms. The van der Waals surface area contributed by atoms with Crippen molar-refractivity contribution in [3.8, 4) is 22.3 Å². The van der Waals surface area contributed by atoms with E-state index in [0.29, 0.717) is 11.8 Å². The zero-order valence-corrected chi connectivity index (χ0v) is 28.1. The average Bonchev–Trinajstić information content (AvgIpc) is 3.64. The van der Waals surface area contributed by atoms with E-state index < -0.39 is 0 Å². The van der Waals surface area contributed by atoms with E-state index >= 15 is 0 Å². The minimum Gasteiger partial charge on any atom is -0.455 e. The van der Waals surface area contributed by atoms with Crippen molar-refractivity contribution < 1.29 is 4.42 Å². The molecule has 0 bridgehead atoms. The number of hydrogen-bond acceptors (Lipinski definition) is 1. The van der Waals surface area contributed by atoms with Gasteiger partial charge < -0.3 is 4.42 Å². The van der Waals surface area contributed by atoms with E-state index in [9.17, 15) is 0 Å². The summed E-state index contributed by atoms with van der Waals surface area (Å²) in [6.45, 7) is 4.74. The van der Waals surface area contributed by atoms with Crippen LogP contribution in [0.25, 0.3) is 82.1 Å². The monoisotopic (exact) mass is 638 g/mol. The van der Waals surface area contributed by atoms with Crippen LogP contribution in [-0.2, 0) is 5.41 Å². The first-order chi connectivity index (χ1) is 24.6. The molecule has 0 N–H and O–H groups in total. The van der Waals surface area contributed by atoms with Crippen molar-refractivity contribution >= 4 is 59.8 Å². The molecule has 2 atom stereocenters. The van der Waals surface area contributed by atoms with Crippen LogP contribution < -0.4 is 0 Å². The molecule has 11 rings (SSSR count). The van der Waals surface area contributed by atoms with Crippen LogP contribution in [0.4, 0.5) is 0 Å². The zero-order chi connectivity index (χ0) is 33.1. The van der Waals surface area contributed by atoms with Crippen LogP contribution in [-0.4, -0.2) is 0 Å². The maximum absolute atomic E-state index is 6.53. The lowest BCUT2D eigenvalue weighted by atomic mass is 9.74. The minimum absolute atomic E-state index is 0.117. The number of benzene rings is 7.